The molecule has 1 aliphatic rings. The lowest BCUT2D eigenvalue weighted by molar-refractivity contribution is -0.109. The van der Waals surface area contributed by atoms with E-state index >= 15 is 0 Å². The summed E-state index contributed by atoms with van der Waals surface area (Å²) in [6.45, 7) is 5.27. The van der Waals surface area contributed by atoms with Crippen LogP contribution in [0, 0.1) is 5.92 Å². The van der Waals surface area contributed by atoms with Crippen LogP contribution in [0.25, 0.3) is 0 Å². The maximum atomic E-state index is 10.2. The highest BCUT2D eigenvalue weighted by Gasteiger charge is 2.17. The van der Waals surface area contributed by atoms with Crippen molar-refractivity contribution >= 4 is 6.41 Å². The number of likely N-dealkylation sites (tertiary alicyclic amines) is 1. The van der Waals surface area contributed by atoms with E-state index in [1.807, 2.05) is 0 Å². The monoisotopic (exact) mass is 228 g/mol. The highest BCUT2D eigenvalue weighted by atomic mass is 16.5. The summed E-state index contributed by atoms with van der Waals surface area (Å²) >= 11 is 0. The molecule has 0 atom stereocenters. The first-order valence-electron chi connectivity index (χ1n) is 6.25. The molecule has 94 valence electrons. The first-order valence-corrected chi connectivity index (χ1v) is 6.25. The number of ether oxygens (including phenoxy) is 1. The predicted molar refractivity (Wildman–Crippen MR) is 64.3 cm³/mol. The van der Waals surface area contributed by atoms with E-state index < -0.39 is 0 Å². The average molecular weight is 228 g/mol. The highest BCUT2D eigenvalue weighted by molar-refractivity contribution is 5.45. The Balaban J connectivity index is 2.00. The van der Waals surface area contributed by atoms with E-state index in [0.29, 0.717) is 5.92 Å². The maximum Gasteiger partial charge on any atom is 0.207 e. The fraction of sp³-hybridized carbons (Fsp3) is 0.917. The molecule has 1 rings (SSSR count). The summed E-state index contributed by atoms with van der Waals surface area (Å²) in [4.78, 5) is 12.7. The summed E-state index contributed by atoms with van der Waals surface area (Å²) in [5.41, 5.74) is 0. The standard InChI is InChI=1S/C12H24N2O2/c1-16-9-3-2-6-14-7-4-12(5-8-14)10-13-11-15/h11-12H,2-10H2,1H3,(H,13,15). The van der Waals surface area contributed by atoms with E-state index in [1.165, 1.54) is 38.9 Å². The molecule has 4 nitrogen and oxygen atoms in total. The normalized spacial score (nSPS) is 18.6. The molecule has 4 heteroatoms. The van der Waals surface area contributed by atoms with Crippen molar-refractivity contribution in [1.29, 1.82) is 0 Å². The van der Waals surface area contributed by atoms with Crippen molar-refractivity contribution in [1.82, 2.24) is 10.2 Å². The second-order valence-corrected chi connectivity index (χ2v) is 4.51. The minimum Gasteiger partial charge on any atom is -0.385 e. The lowest BCUT2D eigenvalue weighted by Crippen LogP contribution is -2.37. The highest BCUT2D eigenvalue weighted by Crippen LogP contribution is 2.16. The molecule has 0 bridgehead atoms. The van der Waals surface area contributed by atoms with Gasteiger partial charge in [0.15, 0.2) is 0 Å². The molecule has 1 saturated heterocycles. The molecule has 0 saturated carbocycles. The number of carbonyl (C=O) groups is 1. The van der Waals surface area contributed by atoms with Gasteiger partial charge in [0.1, 0.15) is 0 Å². The van der Waals surface area contributed by atoms with Crippen molar-refractivity contribution < 1.29 is 9.53 Å². The number of carbonyl (C=O) groups excluding carboxylic acids is 1. The Morgan fingerprint density at radius 2 is 2.12 bits per heavy atom. The molecule has 0 spiro atoms. The number of unbranched alkanes of at least 4 members (excludes halogenated alkanes) is 1. The molecule has 0 aromatic heterocycles. The van der Waals surface area contributed by atoms with E-state index in [9.17, 15) is 4.79 Å². The number of hydrogen-bond donors (Lipinski definition) is 1. The van der Waals surface area contributed by atoms with Crippen molar-refractivity contribution in [2.45, 2.75) is 25.7 Å². The van der Waals surface area contributed by atoms with E-state index in [-0.39, 0.29) is 0 Å². The average Bonchev–Trinajstić information content (AvgIpc) is 2.33. The molecule has 1 heterocycles. The predicted octanol–water partition coefficient (Wildman–Crippen LogP) is 0.871. The van der Waals surface area contributed by atoms with Crippen molar-refractivity contribution in [3.63, 3.8) is 0 Å². The van der Waals surface area contributed by atoms with Crippen LogP contribution >= 0.6 is 0 Å². The molecular formula is C12H24N2O2. The van der Waals surface area contributed by atoms with Crippen LogP contribution in [0.4, 0.5) is 0 Å². The van der Waals surface area contributed by atoms with E-state index in [2.05, 4.69) is 10.2 Å². The molecule has 1 aliphatic heterocycles. The zero-order valence-electron chi connectivity index (χ0n) is 10.3. The van der Waals surface area contributed by atoms with Gasteiger partial charge in [0.25, 0.3) is 0 Å². The lowest BCUT2D eigenvalue weighted by Gasteiger charge is -2.31. The van der Waals surface area contributed by atoms with Crippen LogP contribution in [0.15, 0.2) is 0 Å². The summed E-state index contributed by atoms with van der Waals surface area (Å²) in [5.74, 6) is 0.681. The molecule has 0 aromatic rings. The zero-order valence-corrected chi connectivity index (χ0v) is 10.3. The van der Waals surface area contributed by atoms with Gasteiger partial charge in [0.2, 0.25) is 6.41 Å². The Morgan fingerprint density at radius 1 is 1.38 bits per heavy atom. The zero-order chi connectivity index (χ0) is 11.6. The van der Waals surface area contributed by atoms with Gasteiger partial charge in [-0.05, 0) is 51.2 Å². The minimum atomic E-state index is 0.681. The number of rotatable bonds is 8. The van der Waals surface area contributed by atoms with Gasteiger partial charge < -0.3 is 15.0 Å². The van der Waals surface area contributed by atoms with Crippen LogP contribution in [0.5, 0.6) is 0 Å². The third-order valence-corrected chi connectivity index (χ3v) is 3.27. The Morgan fingerprint density at radius 3 is 2.75 bits per heavy atom. The number of nitrogens with zero attached hydrogens (tertiary/aromatic N) is 1. The van der Waals surface area contributed by atoms with E-state index in [1.54, 1.807) is 7.11 Å². The van der Waals surface area contributed by atoms with Crippen molar-refractivity contribution in [2.24, 2.45) is 5.92 Å². The van der Waals surface area contributed by atoms with Crippen LogP contribution in [-0.2, 0) is 9.53 Å². The van der Waals surface area contributed by atoms with E-state index in [0.717, 1.165) is 26.0 Å². The Labute approximate surface area is 98.3 Å². The smallest absolute Gasteiger partial charge is 0.207 e. The van der Waals surface area contributed by atoms with Crippen molar-refractivity contribution in [3.05, 3.63) is 0 Å². The molecule has 0 aliphatic carbocycles. The summed E-state index contributed by atoms with van der Waals surface area (Å²) < 4.78 is 5.03. The summed E-state index contributed by atoms with van der Waals surface area (Å²) in [6, 6.07) is 0. The second kappa shape index (κ2) is 8.53. The Hall–Kier alpha value is -0.610. The van der Waals surface area contributed by atoms with Gasteiger partial charge in [-0.25, -0.2) is 0 Å². The molecule has 1 N–H and O–H groups in total. The van der Waals surface area contributed by atoms with Gasteiger partial charge in [0, 0.05) is 20.3 Å². The Bertz CT molecular complexity index is 180. The molecule has 0 radical (unpaired) electrons. The third-order valence-electron chi connectivity index (χ3n) is 3.27. The first kappa shape index (κ1) is 13.5. The molecule has 1 fully saturated rings. The number of hydrogen-bond acceptors (Lipinski definition) is 3. The summed E-state index contributed by atoms with van der Waals surface area (Å²) in [6.07, 6.45) is 5.61. The summed E-state index contributed by atoms with van der Waals surface area (Å²) in [7, 11) is 1.76. The number of piperidine rings is 1. The van der Waals surface area contributed by atoms with Gasteiger partial charge in [-0.15, -0.1) is 0 Å². The van der Waals surface area contributed by atoms with Gasteiger partial charge in [-0.1, -0.05) is 0 Å². The largest absolute Gasteiger partial charge is 0.385 e. The molecule has 16 heavy (non-hydrogen) atoms. The van der Waals surface area contributed by atoms with Crippen LogP contribution < -0.4 is 5.32 Å². The lowest BCUT2D eigenvalue weighted by atomic mass is 9.97. The number of methoxy groups -OCH3 is 1. The van der Waals surface area contributed by atoms with Crippen molar-refractivity contribution in [3.8, 4) is 0 Å². The Kier molecular flexibility index (Phi) is 7.17. The van der Waals surface area contributed by atoms with Gasteiger partial charge >= 0.3 is 0 Å². The minimum absolute atomic E-state index is 0.681. The van der Waals surface area contributed by atoms with Gasteiger partial charge in [0.05, 0.1) is 0 Å². The van der Waals surface area contributed by atoms with Crippen LogP contribution in [0.2, 0.25) is 0 Å². The topological polar surface area (TPSA) is 41.6 Å². The van der Waals surface area contributed by atoms with E-state index in [4.69, 9.17) is 4.74 Å². The summed E-state index contributed by atoms with van der Waals surface area (Å²) in [5, 5.41) is 2.78. The van der Waals surface area contributed by atoms with Crippen LogP contribution in [0.1, 0.15) is 25.7 Å². The molecular weight excluding hydrogens is 204 g/mol. The maximum absolute atomic E-state index is 10.2. The van der Waals surface area contributed by atoms with Crippen LogP contribution in [0.3, 0.4) is 0 Å². The van der Waals surface area contributed by atoms with Gasteiger partial charge in [-0.2, -0.15) is 0 Å². The fourth-order valence-corrected chi connectivity index (χ4v) is 2.21. The quantitative estimate of drug-likeness (QED) is 0.495. The van der Waals surface area contributed by atoms with Crippen LogP contribution in [-0.4, -0.2) is 51.2 Å². The molecule has 1 amide bonds. The molecule has 0 unspecified atom stereocenters. The number of nitrogens with one attached hydrogen (secondary N) is 1. The van der Waals surface area contributed by atoms with Crippen molar-refractivity contribution in [2.75, 3.05) is 39.9 Å². The molecule has 0 aromatic carbocycles. The second-order valence-electron chi connectivity index (χ2n) is 4.51. The SMILES string of the molecule is COCCCCN1CCC(CNC=O)CC1. The third kappa shape index (κ3) is 5.47. The van der Waals surface area contributed by atoms with Gasteiger partial charge in [-0.3, -0.25) is 4.79 Å². The first-order chi connectivity index (χ1) is 7.86. The number of amides is 1. The fourth-order valence-electron chi connectivity index (χ4n) is 2.21.